The fourth-order valence-electron chi connectivity index (χ4n) is 0.985. The van der Waals surface area contributed by atoms with Crippen LogP contribution in [-0.4, -0.2) is 21.2 Å². The summed E-state index contributed by atoms with van der Waals surface area (Å²) in [6, 6.07) is 2.59. The summed E-state index contributed by atoms with van der Waals surface area (Å²) in [6.45, 7) is -0.621. The second kappa shape index (κ2) is 4.61. The van der Waals surface area contributed by atoms with Crippen molar-refractivity contribution in [3.63, 3.8) is 0 Å². The van der Waals surface area contributed by atoms with Crippen LogP contribution in [0.1, 0.15) is 5.56 Å². The van der Waals surface area contributed by atoms with Crippen molar-refractivity contribution in [3.8, 4) is 0 Å². The molecule has 0 amide bonds. The van der Waals surface area contributed by atoms with Crippen molar-refractivity contribution in [3.05, 3.63) is 29.6 Å². The minimum absolute atomic E-state index is 0.00156. The lowest BCUT2D eigenvalue weighted by Gasteiger charge is -2.08. The van der Waals surface area contributed by atoms with Crippen LogP contribution < -0.4 is 0 Å². The zero-order valence-electron chi connectivity index (χ0n) is 8.58. The molecular weight excluding hydrogens is 264 g/mol. The zero-order chi connectivity index (χ0) is 13.3. The summed E-state index contributed by atoms with van der Waals surface area (Å²) >= 11 is 0. The van der Waals surface area contributed by atoms with Crippen LogP contribution in [0.3, 0.4) is 0 Å². The Bertz CT molecular complexity index is 507. The van der Waals surface area contributed by atoms with E-state index in [4.69, 9.17) is 0 Å². The van der Waals surface area contributed by atoms with Crippen LogP contribution in [0.5, 0.6) is 0 Å². The number of aryl methyl sites for hydroxylation is 1. The molecule has 0 heterocycles. The first-order valence-corrected chi connectivity index (χ1v) is 5.75. The van der Waals surface area contributed by atoms with Crippen LogP contribution in [0.2, 0.25) is 0 Å². The largest absolute Gasteiger partial charge is 0.413 e. The van der Waals surface area contributed by atoms with Crippen LogP contribution in [0.25, 0.3) is 0 Å². The monoisotopic (exact) mass is 272 g/mol. The molecular formula is C9H8F4O3S. The topological polar surface area (TPSA) is 43.4 Å². The lowest BCUT2D eigenvalue weighted by Crippen LogP contribution is -2.20. The smallest absolute Gasteiger partial charge is 0.257 e. The lowest BCUT2D eigenvalue weighted by atomic mass is 10.2. The molecule has 0 bridgehead atoms. The van der Waals surface area contributed by atoms with Gasteiger partial charge in [0.1, 0.15) is 5.82 Å². The normalized spacial score (nSPS) is 12.8. The van der Waals surface area contributed by atoms with Gasteiger partial charge in [-0.3, -0.25) is 4.18 Å². The van der Waals surface area contributed by atoms with Crippen LogP contribution in [0, 0.1) is 12.7 Å². The molecule has 0 N–H and O–H groups in total. The van der Waals surface area contributed by atoms with Gasteiger partial charge in [0.05, 0.1) is 4.90 Å². The summed E-state index contributed by atoms with van der Waals surface area (Å²) in [5.74, 6) is -0.653. The van der Waals surface area contributed by atoms with Gasteiger partial charge in [-0.05, 0) is 30.7 Å². The van der Waals surface area contributed by atoms with E-state index in [0.29, 0.717) is 0 Å². The number of alkyl halides is 3. The van der Waals surface area contributed by atoms with Gasteiger partial charge in [0.2, 0.25) is 0 Å². The first kappa shape index (κ1) is 13.9. The molecule has 0 aromatic heterocycles. The van der Waals surface area contributed by atoms with Crippen molar-refractivity contribution in [2.24, 2.45) is 0 Å². The van der Waals surface area contributed by atoms with E-state index in [0.717, 1.165) is 18.2 Å². The Morgan fingerprint density at radius 3 is 2.35 bits per heavy atom. The second-order valence-corrected chi connectivity index (χ2v) is 4.86. The minimum Gasteiger partial charge on any atom is -0.257 e. The minimum atomic E-state index is -4.75. The third kappa shape index (κ3) is 3.97. The Kier molecular flexibility index (Phi) is 3.78. The van der Waals surface area contributed by atoms with Crippen molar-refractivity contribution >= 4 is 10.1 Å². The van der Waals surface area contributed by atoms with Gasteiger partial charge >= 0.3 is 6.18 Å². The maximum Gasteiger partial charge on any atom is 0.413 e. The van der Waals surface area contributed by atoms with E-state index in [2.05, 4.69) is 4.18 Å². The Balaban J connectivity index is 2.94. The van der Waals surface area contributed by atoms with E-state index < -0.39 is 33.6 Å². The van der Waals surface area contributed by atoms with Gasteiger partial charge in [-0.25, -0.2) is 4.39 Å². The maximum atomic E-state index is 12.8. The second-order valence-electron chi connectivity index (χ2n) is 3.24. The summed E-state index contributed by atoms with van der Waals surface area (Å²) in [7, 11) is -4.52. The van der Waals surface area contributed by atoms with Gasteiger partial charge < -0.3 is 0 Å². The van der Waals surface area contributed by atoms with Crippen molar-refractivity contribution < 1.29 is 30.2 Å². The fourth-order valence-corrected chi connectivity index (χ4v) is 1.97. The first-order valence-electron chi connectivity index (χ1n) is 4.34. The average molecular weight is 272 g/mol. The Morgan fingerprint density at radius 2 is 1.88 bits per heavy atom. The molecule has 1 aromatic rings. The Hall–Kier alpha value is -1.15. The van der Waals surface area contributed by atoms with Gasteiger partial charge in [-0.2, -0.15) is 21.6 Å². The average Bonchev–Trinajstić information content (AvgIpc) is 2.18. The maximum absolute atomic E-state index is 12.8. The molecule has 96 valence electrons. The summed E-state index contributed by atoms with van der Waals surface area (Å²) < 4.78 is 74.6. The van der Waals surface area contributed by atoms with Crippen molar-refractivity contribution in [1.29, 1.82) is 0 Å². The predicted molar refractivity (Wildman–Crippen MR) is 50.3 cm³/mol. The van der Waals surface area contributed by atoms with Crippen LogP contribution in [0.15, 0.2) is 23.1 Å². The van der Waals surface area contributed by atoms with Gasteiger partial charge in [0.15, 0.2) is 6.61 Å². The van der Waals surface area contributed by atoms with Gasteiger partial charge in [0, 0.05) is 0 Å². The molecule has 0 aliphatic heterocycles. The van der Waals surface area contributed by atoms with E-state index >= 15 is 0 Å². The highest BCUT2D eigenvalue weighted by Gasteiger charge is 2.31. The highest BCUT2D eigenvalue weighted by Crippen LogP contribution is 2.20. The van der Waals surface area contributed by atoms with Crippen molar-refractivity contribution in [1.82, 2.24) is 0 Å². The molecule has 0 radical (unpaired) electrons. The van der Waals surface area contributed by atoms with E-state index in [1.54, 1.807) is 0 Å². The fraction of sp³-hybridized carbons (Fsp3) is 0.333. The molecule has 0 unspecified atom stereocenters. The molecule has 0 saturated carbocycles. The predicted octanol–water partition coefficient (Wildman–Crippen LogP) is 2.40. The molecule has 0 fully saturated rings. The molecule has 1 aromatic carbocycles. The Morgan fingerprint density at radius 1 is 1.29 bits per heavy atom. The first-order chi connectivity index (χ1) is 7.62. The van der Waals surface area contributed by atoms with E-state index in [1.807, 2.05) is 0 Å². The number of rotatable bonds is 3. The third-order valence-electron chi connectivity index (χ3n) is 1.80. The van der Waals surface area contributed by atoms with E-state index in [-0.39, 0.29) is 5.56 Å². The van der Waals surface area contributed by atoms with Gasteiger partial charge in [-0.15, -0.1) is 0 Å². The van der Waals surface area contributed by atoms with E-state index in [1.165, 1.54) is 6.92 Å². The summed E-state index contributed by atoms with van der Waals surface area (Å²) in [6.07, 6.45) is -4.75. The Labute approximate surface area is 95.1 Å². The van der Waals surface area contributed by atoms with E-state index in [9.17, 15) is 26.0 Å². The van der Waals surface area contributed by atoms with Crippen molar-refractivity contribution in [2.45, 2.75) is 18.0 Å². The quantitative estimate of drug-likeness (QED) is 0.627. The van der Waals surface area contributed by atoms with Crippen LogP contribution >= 0.6 is 0 Å². The SMILES string of the molecule is Cc1cc(S(=O)(=O)OCC(F)(F)F)ccc1F. The third-order valence-corrected chi connectivity index (χ3v) is 3.06. The molecule has 0 saturated heterocycles. The molecule has 0 aliphatic carbocycles. The molecule has 0 atom stereocenters. The number of halogens is 4. The van der Waals surface area contributed by atoms with Crippen molar-refractivity contribution in [2.75, 3.05) is 6.61 Å². The number of benzene rings is 1. The number of hydrogen-bond donors (Lipinski definition) is 0. The van der Waals surface area contributed by atoms with Gasteiger partial charge in [0.25, 0.3) is 10.1 Å². The summed E-state index contributed by atoms with van der Waals surface area (Å²) in [5, 5.41) is 0. The van der Waals surface area contributed by atoms with Crippen LogP contribution in [0.4, 0.5) is 17.6 Å². The molecule has 0 aliphatic rings. The molecule has 3 nitrogen and oxygen atoms in total. The lowest BCUT2D eigenvalue weighted by molar-refractivity contribution is -0.152. The molecule has 0 spiro atoms. The summed E-state index contributed by atoms with van der Waals surface area (Å²) in [5.41, 5.74) is 0.00156. The highest BCUT2D eigenvalue weighted by atomic mass is 32.2. The molecule has 17 heavy (non-hydrogen) atoms. The van der Waals surface area contributed by atoms with Gasteiger partial charge in [-0.1, -0.05) is 0 Å². The standard InChI is InChI=1S/C9H8F4O3S/c1-6-4-7(2-3-8(6)10)17(14,15)16-5-9(11,12)13/h2-4H,5H2,1H3. The molecule has 8 heteroatoms. The zero-order valence-corrected chi connectivity index (χ0v) is 9.40. The highest BCUT2D eigenvalue weighted by molar-refractivity contribution is 7.86. The summed E-state index contributed by atoms with van der Waals surface area (Å²) in [4.78, 5) is -0.513. The van der Waals surface area contributed by atoms with Crippen LogP contribution in [-0.2, 0) is 14.3 Å². The molecule has 1 rings (SSSR count). The number of hydrogen-bond acceptors (Lipinski definition) is 3.